The summed E-state index contributed by atoms with van der Waals surface area (Å²) in [5.41, 5.74) is 4.59. The van der Waals surface area contributed by atoms with E-state index in [4.69, 9.17) is 9.72 Å². The average Bonchev–Trinajstić information content (AvgIpc) is 2.86. The van der Waals surface area contributed by atoms with E-state index < -0.39 is 0 Å². The number of fused-ring (bicyclic) bond motifs is 1. The number of nitrogens with one attached hydrogen (secondary N) is 1. The number of hydrogen-bond acceptors (Lipinski definition) is 4. The molecule has 0 unspecified atom stereocenters. The van der Waals surface area contributed by atoms with Crippen LogP contribution >= 0.6 is 0 Å². The van der Waals surface area contributed by atoms with Gasteiger partial charge in [0.05, 0.1) is 30.7 Å². The topological polar surface area (TPSA) is 73.2 Å². The number of aromatic nitrogens is 2. The van der Waals surface area contributed by atoms with E-state index in [0.29, 0.717) is 61.0 Å². The molecule has 1 amide bonds. The molecule has 4 aromatic rings. The molecule has 0 atom stereocenters. The second-order valence-electron chi connectivity index (χ2n) is 9.82. The highest BCUT2D eigenvalue weighted by atomic mass is 16.5. The van der Waals surface area contributed by atoms with Gasteiger partial charge in [-0.3, -0.25) is 14.2 Å². The second-order valence-corrected chi connectivity index (χ2v) is 9.82. The smallest absolute Gasteiger partial charge is 0.261 e. The molecule has 1 saturated heterocycles. The van der Waals surface area contributed by atoms with Gasteiger partial charge in [-0.05, 0) is 46.9 Å². The molecule has 1 fully saturated rings. The zero-order chi connectivity index (χ0) is 25.1. The minimum Gasteiger partial charge on any atom is -0.381 e. The van der Waals surface area contributed by atoms with Crippen LogP contribution < -0.4 is 10.9 Å². The summed E-state index contributed by atoms with van der Waals surface area (Å²) in [6.45, 7) is 6.77. The van der Waals surface area contributed by atoms with Crippen molar-refractivity contribution in [1.82, 2.24) is 14.9 Å². The highest BCUT2D eigenvalue weighted by Gasteiger charge is 2.19. The van der Waals surface area contributed by atoms with Crippen molar-refractivity contribution < 1.29 is 9.53 Å². The minimum absolute atomic E-state index is 0.0554. The summed E-state index contributed by atoms with van der Waals surface area (Å²) >= 11 is 0. The Morgan fingerprint density at radius 2 is 1.81 bits per heavy atom. The van der Waals surface area contributed by atoms with Gasteiger partial charge in [-0.25, -0.2) is 4.98 Å². The van der Waals surface area contributed by atoms with Crippen LogP contribution in [-0.4, -0.2) is 35.2 Å². The number of rotatable bonds is 8. The SMILES string of the molecule is CC(C)c1cccc(Cc2nc3ccccc3c(=O)n2Cc2ccc(C(=O)NCC3COC3)cc2)c1. The van der Waals surface area contributed by atoms with Crippen molar-refractivity contribution in [3.8, 4) is 0 Å². The molecule has 0 radical (unpaired) electrons. The molecule has 0 spiro atoms. The Morgan fingerprint density at radius 1 is 1.03 bits per heavy atom. The van der Waals surface area contributed by atoms with Gasteiger partial charge in [0.1, 0.15) is 5.82 Å². The fourth-order valence-electron chi connectivity index (χ4n) is 4.44. The molecule has 1 N–H and O–H groups in total. The average molecular weight is 482 g/mol. The minimum atomic E-state index is -0.0938. The van der Waals surface area contributed by atoms with Crippen LogP contribution in [0.5, 0.6) is 0 Å². The molecule has 0 bridgehead atoms. The van der Waals surface area contributed by atoms with Crippen LogP contribution in [0.3, 0.4) is 0 Å². The monoisotopic (exact) mass is 481 g/mol. The van der Waals surface area contributed by atoms with Crippen molar-refractivity contribution in [3.63, 3.8) is 0 Å². The number of amides is 1. The number of benzene rings is 3. The fraction of sp³-hybridized carbons (Fsp3) is 0.300. The second kappa shape index (κ2) is 10.5. The number of carbonyl (C=O) groups is 1. The number of carbonyl (C=O) groups excluding carboxylic acids is 1. The van der Waals surface area contributed by atoms with Crippen LogP contribution in [0.1, 0.15) is 52.6 Å². The lowest BCUT2D eigenvalue weighted by Gasteiger charge is -2.25. The van der Waals surface area contributed by atoms with Crippen molar-refractivity contribution in [2.24, 2.45) is 5.92 Å². The molecule has 0 aliphatic carbocycles. The molecule has 6 nitrogen and oxygen atoms in total. The van der Waals surface area contributed by atoms with E-state index in [1.807, 2.05) is 48.5 Å². The fourth-order valence-corrected chi connectivity index (χ4v) is 4.44. The summed E-state index contributed by atoms with van der Waals surface area (Å²) in [7, 11) is 0. The summed E-state index contributed by atoms with van der Waals surface area (Å²) in [5, 5.41) is 3.57. The molecule has 5 rings (SSSR count). The molecule has 1 aromatic heterocycles. The van der Waals surface area contributed by atoms with E-state index in [1.54, 1.807) is 4.57 Å². The molecule has 3 aromatic carbocycles. The highest BCUT2D eigenvalue weighted by Crippen LogP contribution is 2.19. The van der Waals surface area contributed by atoms with Gasteiger partial charge in [0.2, 0.25) is 0 Å². The molecule has 6 heteroatoms. The Bertz CT molecular complexity index is 1440. The Kier molecular flexibility index (Phi) is 6.96. The number of ether oxygens (including phenoxy) is 1. The van der Waals surface area contributed by atoms with E-state index in [0.717, 1.165) is 17.0 Å². The summed E-state index contributed by atoms with van der Waals surface area (Å²) < 4.78 is 6.92. The number of nitrogens with zero attached hydrogens (tertiary/aromatic N) is 2. The predicted molar refractivity (Wildman–Crippen MR) is 142 cm³/mol. The largest absolute Gasteiger partial charge is 0.381 e. The third kappa shape index (κ3) is 5.24. The van der Waals surface area contributed by atoms with E-state index in [1.165, 1.54) is 5.56 Å². The molecule has 36 heavy (non-hydrogen) atoms. The molecule has 1 aliphatic heterocycles. The Morgan fingerprint density at radius 3 is 2.53 bits per heavy atom. The first-order chi connectivity index (χ1) is 17.5. The van der Waals surface area contributed by atoms with Crippen LogP contribution in [0.4, 0.5) is 0 Å². The first-order valence-electron chi connectivity index (χ1n) is 12.5. The van der Waals surface area contributed by atoms with Gasteiger partial charge in [0, 0.05) is 24.4 Å². The maximum Gasteiger partial charge on any atom is 0.261 e. The van der Waals surface area contributed by atoms with Crippen molar-refractivity contribution in [3.05, 3.63) is 111 Å². The van der Waals surface area contributed by atoms with Crippen molar-refractivity contribution in [1.29, 1.82) is 0 Å². The van der Waals surface area contributed by atoms with Crippen LogP contribution in [0.15, 0.2) is 77.6 Å². The summed E-state index contributed by atoms with van der Waals surface area (Å²) in [4.78, 5) is 30.9. The molecule has 0 saturated carbocycles. The van der Waals surface area contributed by atoms with Crippen LogP contribution in [0, 0.1) is 5.92 Å². The van der Waals surface area contributed by atoms with Gasteiger partial charge >= 0.3 is 0 Å². The molecular formula is C30H31N3O3. The van der Waals surface area contributed by atoms with Crippen LogP contribution in [0.2, 0.25) is 0 Å². The Hall–Kier alpha value is -3.77. The standard InChI is InChI=1S/C30H31N3O3/c1-20(2)25-7-5-6-22(14-25)15-28-32-27-9-4-3-8-26(27)30(35)33(28)17-21-10-12-24(13-11-21)29(34)31-16-23-18-36-19-23/h3-14,20,23H,15-19H2,1-2H3,(H,31,34). The van der Waals surface area contributed by atoms with Gasteiger partial charge in [0.15, 0.2) is 0 Å². The summed E-state index contributed by atoms with van der Waals surface area (Å²) in [5.74, 6) is 1.46. The lowest BCUT2D eigenvalue weighted by molar-refractivity contribution is -0.0298. The maximum absolute atomic E-state index is 13.5. The lowest BCUT2D eigenvalue weighted by atomic mass is 9.99. The van der Waals surface area contributed by atoms with Crippen LogP contribution in [0.25, 0.3) is 10.9 Å². The third-order valence-electron chi connectivity index (χ3n) is 6.74. The first-order valence-corrected chi connectivity index (χ1v) is 12.5. The van der Waals surface area contributed by atoms with E-state index in [2.05, 4.69) is 43.4 Å². The Balaban J connectivity index is 1.42. The van der Waals surface area contributed by atoms with Crippen molar-refractivity contribution >= 4 is 16.8 Å². The molecule has 184 valence electrons. The molecule has 2 heterocycles. The van der Waals surface area contributed by atoms with Gasteiger partial charge < -0.3 is 10.1 Å². The van der Waals surface area contributed by atoms with Gasteiger partial charge in [-0.2, -0.15) is 0 Å². The zero-order valence-electron chi connectivity index (χ0n) is 20.7. The van der Waals surface area contributed by atoms with E-state index in [9.17, 15) is 9.59 Å². The third-order valence-corrected chi connectivity index (χ3v) is 6.74. The predicted octanol–water partition coefficient (Wildman–Crippen LogP) is 4.54. The van der Waals surface area contributed by atoms with Crippen molar-refractivity contribution in [2.75, 3.05) is 19.8 Å². The lowest BCUT2D eigenvalue weighted by Crippen LogP contribution is -2.39. The quantitative estimate of drug-likeness (QED) is 0.401. The number of hydrogen-bond donors (Lipinski definition) is 1. The summed E-state index contributed by atoms with van der Waals surface area (Å²) in [6.07, 6.45) is 0.562. The van der Waals surface area contributed by atoms with Crippen LogP contribution in [-0.2, 0) is 17.7 Å². The first kappa shape index (κ1) is 23.9. The Labute approximate surface area is 211 Å². The molecular weight excluding hydrogens is 450 g/mol. The summed E-state index contributed by atoms with van der Waals surface area (Å²) in [6, 6.07) is 23.4. The van der Waals surface area contributed by atoms with Gasteiger partial charge in [-0.1, -0.05) is 62.4 Å². The zero-order valence-corrected chi connectivity index (χ0v) is 20.7. The highest BCUT2D eigenvalue weighted by molar-refractivity contribution is 5.94. The normalized spacial score (nSPS) is 13.6. The maximum atomic E-state index is 13.5. The van der Waals surface area contributed by atoms with E-state index in [-0.39, 0.29) is 11.5 Å². The van der Waals surface area contributed by atoms with Gasteiger partial charge in [0.25, 0.3) is 11.5 Å². The van der Waals surface area contributed by atoms with Gasteiger partial charge in [-0.15, -0.1) is 0 Å². The molecule has 1 aliphatic rings. The van der Waals surface area contributed by atoms with Crippen molar-refractivity contribution in [2.45, 2.75) is 32.7 Å². The van der Waals surface area contributed by atoms with E-state index >= 15 is 0 Å². The number of para-hydroxylation sites is 1.